The third kappa shape index (κ3) is 5.21. The first-order valence-corrected chi connectivity index (χ1v) is 12.3. The van der Waals surface area contributed by atoms with Crippen LogP contribution in [0, 0.1) is 18.8 Å². The van der Waals surface area contributed by atoms with E-state index in [1.807, 2.05) is 13.8 Å². The smallest absolute Gasteiger partial charge is 0.243 e. The Hall–Kier alpha value is -1.93. The van der Waals surface area contributed by atoms with Crippen LogP contribution in [-0.4, -0.2) is 55.6 Å². The molecule has 0 aromatic heterocycles. The lowest BCUT2D eigenvalue weighted by Crippen LogP contribution is -2.32. The summed E-state index contributed by atoms with van der Waals surface area (Å²) >= 11 is 0. The highest BCUT2D eigenvalue weighted by Gasteiger charge is 2.34. The molecule has 2 aliphatic rings. The third-order valence-corrected chi connectivity index (χ3v) is 7.85. The van der Waals surface area contributed by atoms with Crippen LogP contribution in [0.25, 0.3) is 0 Å². The Morgan fingerprint density at radius 2 is 1.83 bits per heavy atom. The van der Waals surface area contributed by atoms with Gasteiger partial charge in [0.15, 0.2) is 0 Å². The fraction of sp³-hybridized carbons (Fsp3) is 0.636. The number of amides is 2. The molecule has 1 aromatic rings. The second kappa shape index (κ2) is 9.47. The van der Waals surface area contributed by atoms with Gasteiger partial charge in [0.25, 0.3) is 0 Å². The van der Waals surface area contributed by atoms with E-state index in [0.29, 0.717) is 43.3 Å². The third-order valence-electron chi connectivity index (χ3n) is 5.81. The van der Waals surface area contributed by atoms with Gasteiger partial charge in [-0.05, 0) is 43.4 Å². The van der Waals surface area contributed by atoms with Crippen molar-refractivity contribution < 1.29 is 18.0 Å². The average Bonchev–Trinajstić information content (AvgIpc) is 2.88. The lowest BCUT2D eigenvalue weighted by Gasteiger charge is -2.22. The first-order valence-electron chi connectivity index (χ1n) is 10.9. The van der Waals surface area contributed by atoms with Gasteiger partial charge in [-0.25, -0.2) is 8.42 Å². The number of benzene rings is 1. The summed E-state index contributed by atoms with van der Waals surface area (Å²) in [5.41, 5.74) is 1.12. The molecule has 1 N–H and O–H groups in total. The lowest BCUT2D eigenvalue weighted by atomic mass is 10.1. The van der Waals surface area contributed by atoms with E-state index < -0.39 is 15.9 Å². The molecular weight excluding hydrogens is 402 g/mol. The standard InChI is InChI=1S/C22H33N3O4S/c1-16(2)14-24-15-18(12-21(24)26)22(27)23-19-9-8-17(3)20(13-19)30(28,29)25-10-6-4-5-7-11-25/h8-9,13,16,18H,4-7,10-12,14-15H2,1-3H3,(H,23,27). The van der Waals surface area contributed by atoms with Crippen molar-refractivity contribution in [3.05, 3.63) is 23.8 Å². The number of hydrogen-bond donors (Lipinski definition) is 1. The number of carbonyl (C=O) groups excluding carboxylic acids is 2. The van der Waals surface area contributed by atoms with Crippen LogP contribution in [0.2, 0.25) is 0 Å². The number of anilines is 1. The van der Waals surface area contributed by atoms with Crippen molar-refractivity contribution in [1.82, 2.24) is 9.21 Å². The van der Waals surface area contributed by atoms with Gasteiger partial charge in [0.2, 0.25) is 21.8 Å². The van der Waals surface area contributed by atoms with Crippen LogP contribution < -0.4 is 5.32 Å². The Kier molecular flexibility index (Phi) is 7.18. The molecule has 0 bridgehead atoms. The van der Waals surface area contributed by atoms with Gasteiger partial charge in [0.05, 0.1) is 10.8 Å². The molecule has 2 aliphatic heterocycles. The predicted molar refractivity (Wildman–Crippen MR) is 117 cm³/mol. The SMILES string of the molecule is Cc1ccc(NC(=O)C2CC(=O)N(CC(C)C)C2)cc1S(=O)(=O)N1CCCCCC1. The molecule has 1 unspecified atom stereocenters. The minimum Gasteiger partial charge on any atom is -0.342 e. The molecule has 30 heavy (non-hydrogen) atoms. The summed E-state index contributed by atoms with van der Waals surface area (Å²) in [6.07, 6.45) is 4.04. The summed E-state index contributed by atoms with van der Waals surface area (Å²) in [5.74, 6) is -0.309. The molecular formula is C22H33N3O4S. The van der Waals surface area contributed by atoms with E-state index in [9.17, 15) is 18.0 Å². The summed E-state index contributed by atoms with van der Waals surface area (Å²) in [4.78, 5) is 26.9. The number of nitrogens with zero attached hydrogens (tertiary/aromatic N) is 2. The lowest BCUT2D eigenvalue weighted by molar-refractivity contribution is -0.128. The molecule has 2 saturated heterocycles. The Bertz CT molecular complexity index is 890. The van der Waals surface area contributed by atoms with E-state index >= 15 is 0 Å². The number of aryl methyl sites for hydroxylation is 1. The number of rotatable bonds is 6. The van der Waals surface area contributed by atoms with Crippen LogP contribution in [0.1, 0.15) is 51.5 Å². The van der Waals surface area contributed by atoms with Gasteiger partial charge in [-0.15, -0.1) is 0 Å². The van der Waals surface area contributed by atoms with Gasteiger partial charge in [0.1, 0.15) is 0 Å². The Balaban J connectivity index is 1.74. The van der Waals surface area contributed by atoms with E-state index in [4.69, 9.17) is 0 Å². The van der Waals surface area contributed by atoms with Crippen molar-refractivity contribution in [3.8, 4) is 0 Å². The van der Waals surface area contributed by atoms with E-state index in [1.165, 1.54) is 0 Å². The summed E-state index contributed by atoms with van der Waals surface area (Å²) in [6, 6.07) is 5.00. The van der Waals surface area contributed by atoms with Crippen molar-refractivity contribution in [3.63, 3.8) is 0 Å². The number of nitrogens with one attached hydrogen (secondary N) is 1. The van der Waals surface area contributed by atoms with Crippen LogP contribution in [-0.2, 0) is 19.6 Å². The Morgan fingerprint density at radius 3 is 2.47 bits per heavy atom. The number of sulfonamides is 1. The maximum Gasteiger partial charge on any atom is 0.243 e. The summed E-state index contributed by atoms with van der Waals surface area (Å²) in [6.45, 7) is 7.98. The van der Waals surface area contributed by atoms with E-state index in [1.54, 1.807) is 34.3 Å². The summed E-state index contributed by atoms with van der Waals surface area (Å²) in [7, 11) is -3.60. The maximum atomic E-state index is 13.2. The molecule has 0 saturated carbocycles. The fourth-order valence-corrected chi connectivity index (χ4v) is 5.95. The van der Waals surface area contributed by atoms with Crippen LogP contribution >= 0.6 is 0 Å². The maximum absolute atomic E-state index is 13.2. The highest BCUT2D eigenvalue weighted by atomic mass is 32.2. The first-order chi connectivity index (χ1) is 14.2. The van der Waals surface area contributed by atoms with Gasteiger partial charge in [0, 0.05) is 38.3 Å². The monoisotopic (exact) mass is 435 g/mol. The Labute approximate surface area is 179 Å². The molecule has 0 radical (unpaired) electrons. The van der Waals surface area contributed by atoms with Crippen molar-refractivity contribution in [2.75, 3.05) is 31.5 Å². The fourth-order valence-electron chi connectivity index (χ4n) is 4.19. The minimum atomic E-state index is -3.60. The van der Waals surface area contributed by atoms with Crippen molar-refractivity contribution in [2.24, 2.45) is 11.8 Å². The van der Waals surface area contributed by atoms with Gasteiger partial charge in [-0.3, -0.25) is 9.59 Å². The Morgan fingerprint density at radius 1 is 1.17 bits per heavy atom. The molecule has 8 heteroatoms. The molecule has 2 amide bonds. The van der Waals surface area contributed by atoms with Crippen molar-refractivity contribution >= 4 is 27.5 Å². The zero-order valence-electron chi connectivity index (χ0n) is 18.2. The molecule has 3 rings (SSSR count). The zero-order chi connectivity index (χ0) is 21.9. The van der Waals surface area contributed by atoms with E-state index in [-0.39, 0.29) is 23.1 Å². The molecule has 1 atom stereocenters. The molecule has 1 aromatic carbocycles. The molecule has 0 aliphatic carbocycles. The predicted octanol–water partition coefficient (Wildman–Crippen LogP) is 3.00. The quantitative estimate of drug-likeness (QED) is 0.744. The van der Waals surface area contributed by atoms with Gasteiger partial charge >= 0.3 is 0 Å². The van der Waals surface area contributed by atoms with Crippen LogP contribution in [0.4, 0.5) is 5.69 Å². The zero-order valence-corrected chi connectivity index (χ0v) is 19.0. The molecule has 0 spiro atoms. The van der Waals surface area contributed by atoms with Crippen LogP contribution in [0.15, 0.2) is 23.1 Å². The molecule has 2 heterocycles. The van der Waals surface area contributed by atoms with E-state index in [0.717, 1.165) is 25.7 Å². The number of hydrogen-bond acceptors (Lipinski definition) is 4. The van der Waals surface area contributed by atoms with Crippen molar-refractivity contribution in [1.29, 1.82) is 0 Å². The molecule has 2 fully saturated rings. The highest BCUT2D eigenvalue weighted by molar-refractivity contribution is 7.89. The van der Waals surface area contributed by atoms with Crippen LogP contribution in [0.3, 0.4) is 0 Å². The van der Waals surface area contributed by atoms with Crippen molar-refractivity contribution in [2.45, 2.75) is 57.8 Å². The molecule has 7 nitrogen and oxygen atoms in total. The normalized spacial score (nSPS) is 21.1. The average molecular weight is 436 g/mol. The summed E-state index contributed by atoms with van der Waals surface area (Å²) < 4.78 is 28.0. The van der Waals surface area contributed by atoms with E-state index in [2.05, 4.69) is 5.32 Å². The van der Waals surface area contributed by atoms with Crippen LogP contribution in [0.5, 0.6) is 0 Å². The minimum absolute atomic E-state index is 0.00261. The number of likely N-dealkylation sites (tertiary alicyclic amines) is 1. The largest absolute Gasteiger partial charge is 0.342 e. The van der Waals surface area contributed by atoms with Gasteiger partial charge in [-0.2, -0.15) is 4.31 Å². The second-order valence-corrected chi connectivity index (χ2v) is 10.8. The first kappa shape index (κ1) is 22.7. The summed E-state index contributed by atoms with van der Waals surface area (Å²) in [5, 5.41) is 2.83. The second-order valence-electron chi connectivity index (χ2n) is 8.88. The topological polar surface area (TPSA) is 86.8 Å². The highest BCUT2D eigenvalue weighted by Crippen LogP contribution is 2.27. The van der Waals surface area contributed by atoms with Gasteiger partial charge in [-0.1, -0.05) is 32.8 Å². The van der Waals surface area contributed by atoms with Gasteiger partial charge < -0.3 is 10.2 Å². The molecule has 166 valence electrons. The number of carbonyl (C=O) groups is 2.